The minimum atomic E-state index is 0.0811. The van der Waals surface area contributed by atoms with Gasteiger partial charge in [0.25, 0.3) is 0 Å². The summed E-state index contributed by atoms with van der Waals surface area (Å²) in [6.45, 7) is 0.665. The molecule has 1 atom stereocenters. The number of aromatic nitrogens is 4. The molecular weight excluding hydrogens is 302 g/mol. The zero-order chi connectivity index (χ0) is 14.9. The summed E-state index contributed by atoms with van der Waals surface area (Å²) in [6.07, 6.45) is 5.01. The lowest BCUT2D eigenvalue weighted by atomic mass is 10.0. The first-order chi connectivity index (χ1) is 10.8. The van der Waals surface area contributed by atoms with Gasteiger partial charge in [-0.1, -0.05) is 23.7 Å². The molecule has 2 aromatic heterocycles. The summed E-state index contributed by atoms with van der Waals surface area (Å²) in [5.41, 5.74) is 2.50. The number of benzene rings is 1. The highest BCUT2D eigenvalue weighted by atomic mass is 35.5. The lowest BCUT2D eigenvalue weighted by Crippen LogP contribution is -2.12. The van der Waals surface area contributed by atoms with Crippen LogP contribution in [0.4, 0.5) is 5.82 Å². The standard InChI is InChI=1S/C15H14ClN5O/c16-10-4-1-3-9-11(5-2-6-22-13(9)10)21-15-12-14(18-7-17-12)19-8-20-15/h1,3-4,7-8,11H,2,5-6H2,(H2,17,18,19,20,21). The van der Waals surface area contributed by atoms with Gasteiger partial charge in [-0.15, -0.1) is 0 Å². The van der Waals surface area contributed by atoms with Crippen LogP contribution in [0.25, 0.3) is 11.2 Å². The fraction of sp³-hybridized carbons (Fsp3) is 0.267. The van der Waals surface area contributed by atoms with E-state index in [4.69, 9.17) is 16.3 Å². The number of hydrogen-bond acceptors (Lipinski definition) is 5. The van der Waals surface area contributed by atoms with Crippen molar-refractivity contribution in [2.75, 3.05) is 11.9 Å². The van der Waals surface area contributed by atoms with Crippen molar-refractivity contribution in [2.45, 2.75) is 18.9 Å². The normalized spacial score (nSPS) is 17.6. The first-order valence-corrected chi connectivity index (χ1v) is 7.52. The molecule has 0 fully saturated rings. The van der Waals surface area contributed by atoms with E-state index in [2.05, 4.69) is 25.3 Å². The topological polar surface area (TPSA) is 75.7 Å². The van der Waals surface area contributed by atoms with E-state index in [1.165, 1.54) is 6.33 Å². The van der Waals surface area contributed by atoms with E-state index in [-0.39, 0.29) is 6.04 Å². The number of ether oxygens (including phenoxy) is 1. The molecule has 7 heteroatoms. The Bertz CT molecular complexity index is 819. The van der Waals surface area contributed by atoms with Crippen LogP contribution in [0.1, 0.15) is 24.4 Å². The van der Waals surface area contributed by atoms with Gasteiger partial charge in [-0.3, -0.25) is 0 Å². The summed E-state index contributed by atoms with van der Waals surface area (Å²) in [7, 11) is 0. The lowest BCUT2D eigenvalue weighted by molar-refractivity contribution is 0.316. The zero-order valence-electron chi connectivity index (χ0n) is 11.7. The maximum absolute atomic E-state index is 6.27. The first kappa shape index (κ1) is 13.3. The van der Waals surface area contributed by atoms with Gasteiger partial charge in [0.2, 0.25) is 0 Å². The van der Waals surface area contributed by atoms with Crippen molar-refractivity contribution >= 4 is 28.6 Å². The SMILES string of the molecule is Clc1cccc2c1OCCCC2Nc1ncnc2nc[nH]c12. The molecule has 1 aliphatic rings. The van der Waals surface area contributed by atoms with Gasteiger partial charge in [0.15, 0.2) is 11.5 Å². The summed E-state index contributed by atoms with van der Waals surface area (Å²) in [5, 5.41) is 4.11. The van der Waals surface area contributed by atoms with E-state index >= 15 is 0 Å². The number of hydrogen-bond donors (Lipinski definition) is 2. The summed E-state index contributed by atoms with van der Waals surface area (Å²) in [5.74, 6) is 1.49. The molecule has 0 saturated heterocycles. The van der Waals surface area contributed by atoms with E-state index in [0.29, 0.717) is 17.3 Å². The predicted molar refractivity (Wildman–Crippen MR) is 84.2 cm³/mol. The smallest absolute Gasteiger partial charge is 0.182 e. The number of imidazole rings is 1. The van der Waals surface area contributed by atoms with Crippen LogP contribution >= 0.6 is 11.6 Å². The van der Waals surface area contributed by atoms with E-state index in [9.17, 15) is 0 Å². The Labute approximate surface area is 131 Å². The van der Waals surface area contributed by atoms with Crippen molar-refractivity contribution in [1.82, 2.24) is 19.9 Å². The Morgan fingerprint density at radius 2 is 2.23 bits per heavy atom. The van der Waals surface area contributed by atoms with Crippen LogP contribution in [-0.4, -0.2) is 26.5 Å². The number of aromatic amines is 1. The molecule has 112 valence electrons. The number of nitrogens with one attached hydrogen (secondary N) is 2. The van der Waals surface area contributed by atoms with Gasteiger partial charge >= 0.3 is 0 Å². The summed E-state index contributed by atoms with van der Waals surface area (Å²) in [6, 6.07) is 5.91. The maximum atomic E-state index is 6.27. The van der Waals surface area contributed by atoms with Crippen LogP contribution in [0, 0.1) is 0 Å². The Morgan fingerprint density at radius 3 is 3.18 bits per heavy atom. The third kappa shape index (κ3) is 2.25. The van der Waals surface area contributed by atoms with Gasteiger partial charge in [-0.2, -0.15) is 0 Å². The first-order valence-electron chi connectivity index (χ1n) is 7.15. The van der Waals surface area contributed by atoms with Gasteiger partial charge in [-0.05, 0) is 18.9 Å². The average molecular weight is 316 g/mol. The van der Waals surface area contributed by atoms with Crippen LogP contribution in [0.2, 0.25) is 5.02 Å². The van der Waals surface area contributed by atoms with Crippen LogP contribution in [0.3, 0.4) is 0 Å². The predicted octanol–water partition coefficient (Wildman–Crippen LogP) is 3.33. The molecule has 0 saturated carbocycles. The number of rotatable bonds is 2. The van der Waals surface area contributed by atoms with Crippen molar-refractivity contribution in [1.29, 1.82) is 0 Å². The number of halogens is 1. The van der Waals surface area contributed by atoms with Crippen molar-refractivity contribution in [2.24, 2.45) is 0 Å². The summed E-state index contributed by atoms with van der Waals surface area (Å²) < 4.78 is 5.79. The molecule has 0 amide bonds. The molecule has 6 nitrogen and oxygen atoms in total. The number of fused-ring (bicyclic) bond motifs is 2. The largest absolute Gasteiger partial charge is 0.492 e. The minimum absolute atomic E-state index is 0.0811. The van der Waals surface area contributed by atoms with Crippen molar-refractivity contribution < 1.29 is 4.74 Å². The third-order valence-corrected chi connectivity index (χ3v) is 4.09. The second kappa shape index (κ2) is 5.46. The molecule has 0 aliphatic carbocycles. The van der Waals surface area contributed by atoms with Gasteiger partial charge in [0.05, 0.1) is 24.0 Å². The molecule has 1 unspecified atom stereocenters. The zero-order valence-corrected chi connectivity index (χ0v) is 12.5. The van der Waals surface area contributed by atoms with Gasteiger partial charge in [-0.25, -0.2) is 15.0 Å². The van der Waals surface area contributed by atoms with Crippen molar-refractivity contribution in [3.8, 4) is 5.75 Å². The highest BCUT2D eigenvalue weighted by Gasteiger charge is 2.22. The second-order valence-corrected chi connectivity index (χ2v) is 5.58. The molecule has 2 N–H and O–H groups in total. The Hall–Kier alpha value is -2.34. The van der Waals surface area contributed by atoms with Crippen LogP contribution in [-0.2, 0) is 0 Å². The second-order valence-electron chi connectivity index (χ2n) is 5.17. The molecule has 1 aromatic carbocycles. The monoisotopic (exact) mass is 315 g/mol. The Kier molecular flexibility index (Phi) is 3.31. The molecule has 3 heterocycles. The molecule has 22 heavy (non-hydrogen) atoms. The quantitative estimate of drug-likeness (QED) is 0.758. The van der Waals surface area contributed by atoms with Gasteiger partial charge < -0.3 is 15.0 Å². The van der Waals surface area contributed by atoms with Crippen LogP contribution < -0.4 is 10.1 Å². The van der Waals surface area contributed by atoms with Gasteiger partial charge in [0.1, 0.15) is 17.6 Å². The Balaban J connectivity index is 1.74. The summed E-state index contributed by atoms with van der Waals surface area (Å²) >= 11 is 6.27. The molecule has 3 aromatic rings. The lowest BCUT2D eigenvalue weighted by Gasteiger charge is -2.19. The molecule has 1 aliphatic heterocycles. The fourth-order valence-corrected chi connectivity index (χ4v) is 3.00. The molecule has 0 radical (unpaired) electrons. The minimum Gasteiger partial charge on any atom is -0.492 e. The fourth-order valence-electron chi connectivity index (χ4n) is 2.76. The number of H-pyrrole nitrogens is 1. The highest BCUT2D eigenvalue weighted by Crippen LogP contribution is 2.38. The molecular formula is C15H14ClN5O. The van der Waals surface area contributed by atoms with E-state index in [0.717, 1.165) is 35.5 Å². The average Bonchev–Trinajstić information content (AvgIpc) is 2.92. The molecule has 0 bridgehead atoms. The van der Waals surface area contributed by atoms with Crippen molar-refractivity contribution in [3.05, 3.63) is 41.4 Å². The third-order valence-electron chi connectivity index (χ3n) is 3.79. The van der Waals surface area contributed by atoms with E-state index < -0.39 is 0 Å². The summed E-state index contributed by atoms with van der Waals surface area (Å²) in [4.78, 5) is 15.7. The number of anilines is 1. The maximum Gasteiger partial charge on any atom is 0.182 e. The van der Waals surface area contributed by atoms with E-state index in [1.807, 2.05) is 18.2 Å². The number of para-hydroxylation sites is 1. The van der Waals surface area contributed by atoms with Crippen LogP contribution in [0.15, 0.2) is 30.9 Å². The number of nitrogens with zero attached hydrogens (tertiary/aromatic N) is 3. The molecule has 0 spiro atoms. The highest BCUT2D eigenvalue weighted by molar-refractivity contribution is 6.32. The molecule has 4 rings (SSSR count). The van der Waals surface area contributed by atoms with Crippen molar-refractivity contribution in [3.63, 3.8) is 0 Å². The van der Waals surface area contributed by atoms with Crippen LogP contribution in [0.5, 0.6) is 5.75 Å². The Morgan fingerprint density at radius 1 is 1.27 bits per heavy atom. The van der Waals surface area contributed by atoms with E-state index in [1.54, 1.807) is 6.33 Å². The van der Waals surface area contributed by atoms with Gasteiger partial charge in [0, 0.05) is 5.56 Å².